The van der Waals surface area contributed by atoms with Crippen molar-refractivity contribution in [1.82, 2.24) is 15.7 Å². The van der Waals surface area contributed by atoms with Gasteiger partial charge < -0.3 is 9.57 Å². The Balaban J connectivity index is 1.60. The Kier molecular flexibility index (Phi) is 5.41. The van der Waals surface area contributed by atoms with Gasteiger partial charge in [0.2, 0.25) is 0 Å². The Morgan fingerprint density at radius 3 is 2.69 bits per heavy atom. The highest BCUT2D eigenvalue weighted by Gasteiger charge is 2.44. The number of carbonyl (C=O) groups is 1. The molecule has 32 heavy (non-hydrogen) atoms. The van der Waals surface area contributed by atoms with Crippen LogP contribution in [0.2, 0.25) is 0 Å². The predicted molar refractivity (Wildman–Crippen MR) is 121 cm³/mol. The Morgan fingerprint density at radius 2 is 1.97 bits per heavy atom. The normalized spacial score (nSPS) is 19.3. The number of methoxy groups -OCH3 is 1. The first-order valence-electron chi connectivity index (χ1n) is 10.9. The molecular formula is C25H26N4O3. The minimum atomic E-state index is -0.307. The van der Waals surface area contributed by atoms with Crippen LogP contribution in [-0.4, -0.2) is 23.2 Å². The monoisotopic (exact) mass is 430 g/mol. The number of benzene rings is 2. The summed E-state index contributed by atoms with van der Waals surface area (Å²) in [4.78, 5) is 20.5. The molecule has 164 valence electrons. The number of H-pyrrole nitrogens is 1. The lowest BCUT2D eigenvalue weighted by molar-refractivity contribution is 0.0988. The van der Waals surface area contributed by atoms with E-state index in [-0.39, 0.29) is 18.0 Å². The van der Waals surface area contributed by atoms with Crippen molar-refractivity contribution in [3.63, 3.8) is 0 Å². The number of carbonyl (C=O) groups excluding carboxylic acids is 1. The number of para-hydroxylation sites is 1. The molecule has 0 saturated heterocycles. The van der Waals surface area contributed by atoms with Crippen molar-refractivity contribution in [2.75, 3.05) is 12.0 Å². The number of ether oxygens (including phenoxy) is 1. The number of anilines is 1. The van der Waals surface area contributed by atoms with Crippen molar-refractivity contribution in [3.05, 3.63) is 88.9 Å². The van der Waals surface area contributed by atoms with E-state index in [1.54, 1.807) is 13.4 Å². The Labute approximate surface area is 187 Å². The van der Waals surface area contributed by atoms with Crippen molar-refractivity contribution in [3.8, 4) is 5.75 Å². The maximum absolute atomic E-state index is 13.6. The smallest absolute Gasteiger partial charge is 0.280 e. The van der Waals surface area contributed by atoms with Crippen molar-refractivity contribution >= 4 is 11.6 Å². The molecule has 0 fully saturated rings. The van der Waals surface area contributed by atoms with Crippen molar-refractivity contribution < 1.29 is 14.4 Å². The number of unbranched alkanes of at least 4 members (excludes halogenated alkanes) is 1. The molecule has 0 radical (unpaired) electrons. The SMILES string of the molecule is CCCCc1[nH]nc2c1C(c1ccccc1OC)N(c1ccc(C3C=CON3)cc1)C2=O. The van der Waals surface area contributed by atoms with Crippen LogP contribution >= 0.6 is 0 Å². The highest BCUT2D eigenvalue weighted by atomic mass is 16.6. The molecule has 0 bridgehead atoms. The van der Waals surface area contributed by atoms with Crippen LogP contribution in [0.4, 0.5) is 5.69 Å². The summed E-state index contributed by atoms with van der Waals surface area (Å²) in [6, 6.07) is 15.5. The number of rotatable bonds is 7. The van der Waals surface area contributed by atoms with Crippen LogP contribution in [-0.2, 0) is 11.3 Å². The molecule has 1 amide bonds. The van der Waals surface area contributed by atoms with Gasteiger partial charge in [0, 0.05) is 22.5 Å². The average molecular weight is 431 g/mol. The third-order valence-corrected chi connectivity index (χ3v) is 6.11. The number of amides is 1. The first-order valence-corrected chi connectivity index (χ1v) is 10.9. The molecule has 2 aliphatic heterocycles. The lowest BCUT2D eigenvalue weighted by Crippen LogP contribution is -2.29. The van der Waals surface area contributed by atoms with E-state index in [0.717, 1.165) is 53.1 Å². The summed E-state index contributed by atoms with van der Waals surface area (Å²) in [6.45, 7) is 2.16. The van der Waals surface area contributed by atoms with E-state index in [4.69, 9.17) is 9.57 Å². The third kappa shape index (κ3) is 3.35. The molecule has 2 atom stereocenters. The molecule has 2 aliphatic rings. The van der Waals surface area contributed by atoms with Gasteiger partial charge in [0.05, 0.1) is 19.2 Å². The largest absolute Gasteiger partial charge is 0.496 e. The molecule has 2 unspecified atom stereocenters. The number of hydrogen-bond donors (Lipinski definition) is 2. The maximum Gasteiger partial charge on any atom is 0.280 e. The Bertz CT molecular complexity index is 1150. The maximum atomic E-state index is 13.6. The number of aromatic nitrogens is 2. The second-order valence-electron chi connectivity index (χ2n) is 8.02. The van der Waals surface area contributed by atoms with Crippen LogP contribution in [0.3, 0.4) is 0 Å². The van der Waals surface area contributed by atoms with Gasteiger partial charge in [0.25, 0.3) is 5.91 Å². The second kappa shape index (κ2) is 8.51. The summed E-state index contributed by atoms with van der Waals surface area (Å²) < 4.78 is 5.68. The van der Waals surface area contributed by atoms with E-state index in [1.165, 1.54) is 0 Å². The zero-order valence-electron chi connectivity index (χ0n) is 18.2. The highest BCUT2D eigenvalue weighted by Crippen LogP contribution is 2.45. The summed E-state index contributed by atoms with van der Waals surface area (Å²) >= 11 is 0. The fourth-order valence-corrected chi connectivity index (χ4v) is 4.49. The molecule has 7 nitrogen and oxygen atoms in total. The van der Waals surface area contributed by atoms with E-state index in [9.17, 15) is 4.79 Å². The number of fused-ring (bicyclic) bond motifs is 1. The third-order valence-electron chi connectivity index (χ3n) is 6.11. The van der Waals surface area contributed by atoms with E-state index >= 15 is 0 Å². The average Bonchev–Trinajstić information content (AvgIpc) is 3.56. The minimum absolute atomic E-state index is 0.000320. The molecule has 7 heteroatoms. The molecule has 5 rings (SSSR count). The molecule has 2 N–H and O–H groups in total. The number of nitrogens with one attached hydrogen (secondary N) is 2. The summed E-state index contributed by atoms with van der Waals surface area (Å²) in [5, 5.41) is 7.55. The van der Waals surface area contributed by atoms with Gasteiger partial charge >= 0.3 is 0 Å². The fraction of sp³-hybridized carbons (Fsp3) is 0.280. The van der Waals surface area contributed by atoms with Crippen LogP contribution in [0, 0.1) is 0 Å². The zero-order chi connectivity index (χ0) is 22.1. The molecule has 0 aliphatic carbocycles. The van der Waals surface area contributed by atoms with Crippen LogP contribution in [0.1, 0.15) is 64.7 Å². The Hall–Kier alpha value is -3.58. The van der Waals surface area contributed by atoms with Crippen molar-refractivity contribution in [1.29, 1.82) is 0 Å². The van der Waals surface area contributed by atoms with Crippen LogP contribution in [0.15, 0.2) is 60.9 Å². The first-order chi connectivity index (χ1) is 15.7. The van der Waals surface area contributed by atoms with Crippen molar-refractivity contribution in [2.24, 2.45) is 0 Å². The zero-order valence-corrected chi connectivity index (χ0v) is 18.2. The van der Waals surface area contributed by atoms with Crippen LogP contribution in [0.5, 0.6) is 5.75 Å². The molecule has 3 aromatic rings. The Morgan fingerprint density at radius 1 is 1.16 bits per heavy atom. The van der Waals surface area contributed by atoms with Crippen molar-refractivity contribution in [2.45, 2.75) is 38.3 Å². The van der Waals surface area contributed by atoms with Gasteiger partial charge in [0.1, 0.15) is 12.0 Å². The molecule has 0 saturated carbocycles. The highest BCUT2D eigenvalue weighted by molar-refractivity contribution is 6.10. The number of hydrogen-bond acceptors (Lipinski definition) is 5. The predicted octanol–water partition coefficient (Wildman–Crippen LogP) is 4.60. The summed E-state index contributed by atoms with van der Waals surface area (Å²) in [5.74, 6) is 0.643. The summed E-state index contributed by atoms with van der Waals surface area (Å²) in [7, 11) is 1.66. The molecular weight excluding hydrogens is 404 g/mol. The van der Waals surface area contributed by atoms with E-state index < -0.39 is 0 Å². The van der Waals surface area contributed by atoms with Gasteiger partial charge in [-0.05, 0) is 42.7 Å². The topological polar surface area (TPSA) is 79.5 Å². The fourth-order valence-electron chi connectivity index (χ4n) is 4.49. The number of nitrogens with zero attached hydrogens (tertiary/aromatic N) is 2. The molecule has 1 aromatic heterocycles. The van der Waals surface area contributed by atoms with Gasteiger partial charge in [-0.2, -0.15) is 5.10 Å². The minimum Gasteiger partial charge on any atom is -0.496 e. The summed E-state index contributed by atoms with van der Waals surface area (Å²) in [6.07, 6.45) is 6.53. The summed E-state index contributed by atoms with van der Waals surface area (Å²) in [5.41, 5.74) is 8.21. The van der Waals surface area contributed by atoms with E-state index in [0.29, 0.717) is 5.69 Å². The number of aryl methyl sites for hydroxylation is 1. The molecule has 3 heterocycles. The van der Waals surface area contributed by atoms with Gasteiger partial charge in [-0.1, -0.05) is 43.7 Å². The van der Waals surface area contributed by atoms with Gasteiger partial charge in [-0.3, -0.25) is 14.8 Å². The van der Waals surface area contributed by atoms with Crippen LogP contribution < -0.4 is 15.1 Å². The number of aromatic amines is 1. The van der Waals surface area contributed by atoms with E-state index in [1.807, 2.05) is 59.5 Å². The van der Waals surface area contributed by atoms with E-state index in [2.05, 4.69) is 22.6 Å². The van der Waals surface area contributed by atoms with Gasteiger partial charge in [-0.15, -0.1) is 5.48 Å². The lowest BCUT2D eigenvalue weighted by atomic mass is 9.96. The van der Waals surface area contributed by atoms with Gasteiger partial charge in [-0.25, -0.2) is 0 Å². The first kappa shape index (κ1) is 20.3. The lowest BCUT2D eigenvalue weighted by Gasteiger charge is -2.28. The second-order valence-corrected chi connectivity index (χ2v) is 8.02. The standard InChI is InChI=1S/C25H26N4O3/c1-3-4-8-20-22-23(27-26-20)25(30)29(24(22)18-7-5-6-9-21(18)31-2)17-12-10-16(11-13-17)19-14-15-32-28-19/h5-7,9-15,19,24,28H,3-4,8H2,1-2H3,(H,26,27). The van der Waals surface area contributed by atoms with Crippen LogP contribution in [0.25, 0.3) is 0 Å². The quantitative estimate of drug-likeness (QED) is 0.573. The molecule has 2 aromatic carbocycles. The van der Waals surface area contributed by atoms with Gasteiger partial charge in [0.15, 0.2) is 5.69 Å². The molecule has 0 spiro atoms. The number of hydroxylamine groups is 1.